The lowest BCUT2D eigenvalue weighted by Gasteiger charge is -2.15. The van der Waals surface area contributed by atoms with Gasteiger partial charge in [-0.1, -0.05) is 0 Å². The van der Waals surface area contributed by atoms with E-state index >= 15 is 0 Å². The Kier molecular flexibility index (Phi) is 3.54. The average molecular weight is 405 g/mol. The van der Waals surface area contributed by atoms with Crippen LogP contribution in [0.5, 0.6) is 0 Å². The normalized spacial score (nSPS) is 17.7. The van der Waals surface area contributed by atoms with Crippen LogP contribution in [0.3, 0.4) is 0 Å². The Hall–Kier alpha value is -0.840. The molecule has 0 saturated carbocycles. The largest absolute Gasteiger partial charge is 0.390 e. The van der Waals surface area contributed by atoms with Crippen molar-refractivity contribution in [2.75, 3.05) is 6.54 Å². The Morgan fingerprint density at radius 1 is 1.26 bits per heavy atom. The maximum Gasteiger partial charge on any atom is 0.390 e. The van der Waals surface area contributed by atoms with E-state index in [2.05, 4.69) is 0 Å². The third-order valence-electron chi connectivity index (χ3n) is 2.57. The van der Waals surface area contributed by atoms with Gasteiger partial charge in [-0.05, 0) is 40.8 Å². The standard InChI is InChI=1S/C10H7F3INO3S/c11-10(12,13)3-4-15-9(16)7-2-1-6(14)5-8(7)19(15,17)18/h1-2,5H,3-4H2. The Labute approximate surface area is 120 Å². The molecule has 1 aromatic carbocycles. The van der Waals surface area contributed by atoms with Gasteiger partial charge in [0.15, 0.2) is 0 Å². The molecule has 0 fully saturated rings. The molecule has 0 unspecified atom stereocenters. The zero-order chi connectivity index (χ0) is 14.4. The molecule has 19 heavy (non-hydrogen) atoms. The second kappa shape index (κ2) is 4.62. The van der Waals surface area contributed by atoms with Gasteiger partial charge in [0, 0.05) is 10.1 Å². The van der Waals surface area contributed by atoms with E-state index in [-0.39, 0.29) is 14.8 Å². The number of halogens is 4. The first-order valence-electron chi connectivity index (χ1n) is 5.06. The topological polar surface area (TPSA) is 54.5 Å². The molecule has 0 aliphatic carbocycles. The minimum absolute atomic E-state index is 0.0809. The minimum atomic E-state index is -4.51. The summed E-state index contributed by atoms with van der Waals surface area (Å²) in [7, 11) is -4.16. The molecule has 9 heteroatoms. The number of rotatable bonds is 2. The fourth-order valence-corrected chi connectivity index (χ4v) is 4.00. The van der Waals surface area contributed by atoms with Gasteiger partial charge in [-0.15, -0.1) is 0 Å². The molecular weight excluding hydrogens is 398 g/mol. The lowest BCUT2D eigenvalue weighted by molar-refractivity contribution is -0.134. The number of fused-ring (bicyclic) bond motifs is 1. The highest BCUT2D eigenvalue weighted by molar-refractivity contribution is 14.1. The van der Waals surface area contributed by atoms with Crippen molar-refractivity contribution >= 4 is 38.5 Å². The van der Waals surface area contributed by atoms with Crippen molar-refractivity contribution in [2.24, 2.45) is 0 Å². The van der Waals surface area contributed by atoms with Gasteiger partial charge in [0.2, 0.25) is 0 Å². The molecule has 0 saturated heterocycles. The number of sulfonamides is 1. The Bertz CT molecular complexity index is 642. The van der Waals surface area contributed by atoms with Crippen LogP contribution in [0.4, 0.5) is 13.2 Å². The van der Waals surface area contributed by atoms with E-state index in [0.717, 1.165) is 0 Å². The molecule has 0 N–H and O–H groups in total. The Morgan fingerprint density at radius 3 is 2.47 bits per heavy atom. The predicted octanol–water partition coefficient (Wildman–Crippen LogP) is 2.39. The molecule has 1 amide bonds. The second-order valence-corrected chi connectivity index (χ2v) is 6.96. The average Bonchev–Trinajstić information content (AvgIpc) is 2.44. The van der Waals surface area contributed by atoms with Crippen LogP contribution < -0.4 is 0 Å². The number of nitrogens with zero attached hydrogens (tertiary/aromatic N) is 1. The fourth-order valence-electron chi connectivity index (χ4n) is 1.70. The Balaban J connectivity index is 2.38. The quantitative estimate of drug-likeness (QED) is 0.711. The first-order chi connectivity index (χ1) is 8.63. The molecule has 0 atom stereocenters. The number of carbonyl (C=O) groups excluding carboxylic acids is 1. The number of amides is 1. The maximum absolute atomic E-state index is 12.1. The minimum Gasteiger partial charge on any atom is -0.268 e. The van der Waals surface area contributed by atoms with E-state index in [0.29, 0.717) is 3.57 Å². The van der Waals surface area contributed by atoms with Crippen molar-refractivity contribution < 1.29 is 26.4 Å². The summed E-state index contributed by atoms with van der Waals surface area (Å²) in [6.45, 7) is -0.893. The van der Waals surface area contributed by atoms with Crippen LogP contribution in [0.2, 0.25) is 0 Å². The summed E-state index contributed by atoms with van der Waals surface area (Å²) in [6.07, 6.45) is -5.87. The zero-order valence-corrected chi connectivity index (χ0v) is 12.2. The van der Waals surface area contributed by atoms with Gasteiger partial charge in [0.05, 0.1) is 12.0 Å². The fraction of sp³-hybridized carbons (Fsp3) is 0.300. The Morgan fingerprint density at radius 2 is 1.89 bits per heavy atom. The first kappa shape index (κ1) is 14.6. The van der Waals surface area contributed by atoms with Crippen molar-refractivity contribution in [3.8, 4) is 0 Å². The third-order valence-corrected chi connectivity index (χ3v) is 5.06. The van der Waals surface area contributed by atoms with Crippen LogP contribution in [0.15, 0.2) is 23.1 Å². The van der Waals surface area contributed by atoms with Gasteiger partial charge in [0.1, 0.15) is 4.90 Å². The molecule has 0 radical (unpaired) electrons. The van der Waals surface area contributed by atoms with Crippen LogP contribution >= 0.6 is 22.6 Å². The van der Waals surface area contributed by atoms with E-state index in [4.69, 9.17) is 0 Å². The van der Waals surface area contributed by atoms with Gasteiger partial charge < -0.3 is 0 Å². The maximum atomic E-state index is 12.1. The summed E-state index contributed by atoms with van der Waals surface area (Å²) >= 11 is 1.86. The molecule has 1 aliphatic rings. The molecule has 4 nitrogen and oxygen atoms in total. The smallest absolute Gasteiger partial charge is 0.268 e. The van der Waals surface area contributed by atoms with Gasteiger partial charge in [0.25, 0.3) is 15.9 Å². The molecule has 2 rings (SSSR count). The molecule has 0 aromatic heterocycles. The van der Waals surface area contributed by atoms with Gasteiger partial charge in [-0.3, -0.25) is 4.79 Å². The molecule has 1 aromatic rings. The number of alkyl halides is 3. The summed E-state index contributed by atoms with van der Waals surface area (Å²) < 4.78 is 61.3. The van der Waals surface area contributed by atoms with Crippen LogP contribution in [-0.4, -0.2) is 31.4 Å². The van der Waals surface area contributed by atoms with E-state index in [1.165, 1.54) is 18.2 Å². The lowest BCUT2D eigenvalue weighted by Crippen LogP contribution is -2.33. The van der Waals surface area contributed by atoms with Crippen molar-refractivity contribution in [2.45, 2.75) is 17.5 Å². The zero-order valence-electron chi connectivity index (χ0n) is 9.24. The van der Waals surface area contributed by atoms with E-state index in [9.17, 15) is 26.4 Å². The number of hydrogen-bond acceptors (Lipinski definition) is 3. The SMILES string of the molecule is O=C1c2ccc(I)cc2S(=O)(=O)N1CCC(F)(F)F. The van der Waals surface area contributed by atoms with Gasteiger partial charge in [-0.2, -0.15) is 13.2 Å². The second-order valence-electron chi connectivity index (χ2n) is 3.89. The number of carbonyl (C=O) groups is 1. The lowest BCUT2D eigenvalue weighted by atomic mass is 10.2. The van der Waals surface area contributed by atoms with Crippen LogP contribution in [0, 0.1) is 3.57 Å². The molecule has 0 spiro atoms. The molecule has 104 valence electrons. The molecule has 0 bridgehead atoms. The third kappa shape index (κ3) is 2.71. The number of benzene rings is 1. The van der Waals surface area contributed by atoms with Crippen LogP contribution in [0.25, 0.3) is 0 Å². The van der Waals surface area contributed by atoms with E-state index < -0.39 is 35.1 Å². The molecule has 1 aliphatic heterocycles. The first-order valence-corrected chi connectivity index (χ1v) is 7.58. The molecule has 1 heterocycles. The van der Waals surface area contributed by atoms with E-state index in [1.807, 2.05) is 22.6 Å². The van der Waals surface area contributed by atoms with Crippen LogP contribution in [0.1, 0.15) is 16.8 Å². The molecular formula is C10H7F3INO3S. The van der Waals surface area contributed by atoms with Gasteiger partial charge >= 0.3 is 6.18 Å². The highest BCUT2D eigenvalue weighted by Crippen LogP contribution is 2.32. The summed E-state index contributed by atoms with van der Waals surface area (Å²) in [5, 5.41) is 0. The van der Waals surface area contributed by atoms with E-state index in [1.54, 1.807) is 0 Å². The van der Waals surface area contributed by atoms with Crippen molar-refractivity contribution in [3.05, 3.63) is 27.3 Å². The van der Waals surface area contributed by atoms with Crippen molar-refractivity contribution in [3.63, 3.8) is 0 Å². The van der Waals surface area contributed by atoms with Crippen molar-refractivity contribution in [1.29, 1.82) is 0 Å². The summed E-state index contributed by atoms with van der Waals surface area (Å²) in [5.74, 6) is -0.907. The highest BCUT2D eigenvalue weighted by atomic mass is 127. The summed E-state index contributed by atoms with van der Waals surface area (Å²) in [6, 6.07) is 4.11. The summed E-state index contributed by atoms with van der Waals surface area (Å²) in [4.78, 5) is 11.6. The highest BCUT2D eigenvalue weighted by Gasteiger charge is 2.42. The number of hydrogen-bond donors (Lipinski definition) is 0. The van der Waals surface area contributed by atoms with Gasteiger partial charge in [-0.25, -0.2) is 12.7 Å². The van der Waals surface area contributed by atoms with Crippen LogP contribution in [-0.2, 0) is 10.0 Å². The summed E-state index contributed by atoms with van der Waals surface area (Å²) in [5.41, 5.74) is -0.0809. The predicted molar refractivity (Wildman–Crippen MR) is 68.1 cm³/mol. The van der Waals surface area contributed by atoms with Crippen molar-refractivity contribution in [1.82, 2.24) is 4.31 Å². The monoisotopic (exact) mass is 405 g/mol.